The third-order valence-corrected chi connectivity index (χ3v) is 2.25. The van der Waals surface area contributed by atoms with Gasteiger partial charge in [0, 0.05) is 6.54 Å². The summed E-state index contributed by atoms with van der Waals surface area (Å²) in [5, 5.41) is 13.7. The van der Waals surface area contributed by atoms with E-state index in [9.17, 15) is 10.1 Å². The Morgan fingerprint density at radius 3 is 3.00 bits per heavy atom. The molecule has 6 nitrogen and oxygen atoms in total. The molecule has 1 aromatic heterocycles. The average molecular weight is 226 g/mol. The number of nitrogens with zero attached hydrogens (tertiary/aromatic N) is 3. The highest BCUT2D eigenvalue weighted by Crippen LogP contribution is 2.07. The first-order valence-electron chi connectivity index (χ1n) is 5.50. The van der Waals surface area contributed by atoms with Crippen molar-refractivity contribution < 1.29 is 4.92 Å². The third kappa shape index (κ3) is 3.98. The van der Waals surface area contributed by atoms with Crippen LogP contribution in [0.15, 0.2) is 12.5 Å². The molecule has 0 amide bonds. The molecular formula is C10H18N4O2. The van der Waals surface area contributed by atoms with Gasteiger partial charge < -0.3 is 20.0 Å². The SMILES string of the molecule is CCCNCC(C)Cn1cnc([N+](=O)[O-])c1. The van der Waals surface area contributed by atoms with Gasteiger partial charge in [-0.3, -0.25) is 0 Å². The molecule has 0 aliphatic carbocycles. The summed E-state index contributed by atoms with van der Waals surface area (Å²) < 4.78 is 1.76. The first kappa shape index (κ1) is 12.6. The van der Waals surface area contributed by atoms with Gasteiger partial charge in [-0.2, -0.15) is 0 Å². The van der Waals surface area contributed by atoms with Gasteiger partial charge in [0.1, 0.15) is 6.20 Å². The van der Waals surface area contributed by atoms with E-state index in [4.69, 9.17) is 0 Å². The summed E-state index contributed by atoms with van der Waals surface area (Å²) in [6, 6.07) is 0. The summed E-state index contributed by atoms with van der Waals surface area (Å²) in [5.74, 6) is 0.342. The number of imidazole rings is 1. The fourth-order valence-electron chi connectivity index (χ4n) is 1.49. The first-order chi connectivity index (χ1) is 7.63. The van der Waals surface area contributed by atoms with Crippen molar-refractivity contribution in [1.82, 2.24) is 14.9 Å². The van der Waals surface area contributed by atoms with E-state index in [2.05, 4.69) is 24.1 Å². The molecule has 6 heteroatoms. The quantitative estimate of drug-likeness (QED) is 0.433. The Kier molecular flexibility index (Phi) is 4.91. The van der Waals surface area contributed by atoms with Crippen molar-refractivity contribution >= 4 is 5.82 Å². The monoisotopic (exact) mass is 226 g/mol. The van der Waals surface area contributed by atoms with Gasteiger partial charge in [0.05, 0.1) is 0 Å². The van der Waals surface area contributed by atoms with Gasteiger partial charge in [-0.1, -0.05) is 13.8 Å². The van der Waals surface area contributed by atoms with E-state index in [0.29, 0.717) is 5.92 Å². The minimum Gasteiger partial charge on any atom is -0.358 e. The molecule has 0 aliphatic heterocycles. The summed E-state index contributed by atoms with van der Waals surface area (Å²) in [6.45, 7) is 6.90. The summed E-state index contributed by atoms with van der Waals surface area (Å²) in [4.78, 5) is 13.7. The van der Waals surface area contributed by atoms with E-state index in [0.717, 1.165) is 26.1 Å². The van der Waals surface area contributed by atoms with E-state index in [-0.39, 0.29) is 5.82 Å². The average Bonchev–Trinajstić information content (AvgIpc) is 2.66. The summed E-state index contributed by atoms with van der Waals surface area (Å²) >= 11 is 0. The molecular weight excluding hydrogens is 208 g/mol. The molecule has 0 bridgehead atoms. The maximum absolute atomic E-state index is 10.4. The molecule has 0 saturated carbocycles. The Morgan fingerprint density at radius 2 is 2.44 bits per heavy atom. The van der Waals surface area contributed by atoms with Gasteiger partial charge in [-0.25, -0.2) is 0 Å². The second-order valence-corrected chi connectivity index (χ2v) is 4.00. The van der Waals surface area contributed by atoms with Gasteiger partial charge >= 0.3 is 5.82 Å². The Labute approximate surface area is 94.8 Å². The maximum atomic E-state index is 10.4. The summed E-state index contributed by atoms with van der Waals surface area (Å²) in [6.07, 6.45) is 4.09. The topological polar surface area (TPSA) is 73.0 Å². The van der Waals surface area contributed by atoms with Crippen molar-refractivity contribution in [3.05, 3.63) is 22.6 Å². The predicted octanol–water partition coefficient (Wildman–Crippen LogP) is 1.43. The number of hydrogen-bond donors (Lipinski definition) is 1. The molecule has 1 N–H and O–H groups in total. The first-order valence-corrected chi connectivity index (χ1v) is 5.50. The van der Waals surface area contributed by atoms with Gasteiger partial charge in [0.15, 0.2) is 0 Å². The van der Waals surface area contributed by atoms with Crippen LogP contribution in [0.2, 0.25) is 0 Å². The molecule has 16 heavy (non-hydrogen) atoms. The number of nitro groups is 1. The second-order valence-electron chi connectivity index (χ2n) is 4.00. The van der Waals surface area contributed by atoms with Crippen LogP contribution in [-0.2, 0) is 6.54 Å². The second kappa shape index (κ2) is 6.22. The lowest BCUT2D eigenvalue weighted by atomic mass is 10.2. The molecule has 0 aromatic carbocycles. The van der Waals surface area contributed by atoms with E-state index >= 15 is 0 Å². The number of hydrogen-bond acceptors (Lipinski definition) is 4. The Morgan fingerprint density at radius 1 is 1.69 bits per heavy atom. The standard InChI is InChI=1S/C10H18N4O2/c1-3-4-11-5-9(2)6-13-7-10(12-8-13)14(15)16/h7-9,11H,3-6H2,1-2H3. The van der Waals surface area contributed by atoms with Crippen LogP contribution >= 0.6 is 0 Å². The van der Waals surface area contributed by atoms with Crippen LogP contribution < -0.4 is 5.32 Å². The number of rotatable bonds is 7. The largest absolute Gasteiger partial charge is 0.381 e. The minimum atomic E-state index is -0.476. The van der Waals surface area contributed by atoms with E-state index in [1.807, 2.05) is 0 Å². The van der Waals surface area contributed by atoms with Crippen LogP contribution in [0.1, 0.15) is 20.3 Å². The van der Waals surface area contributed by atoms with Crippen LogP contribution in [0.25, 0.3) is 0 Å². The minimum absolute atomic E-state index is 0.0892. The highest BCUT2D eigenvalue weighted by Gasteiger charge is 2.11. The van der Waals surface area contributed by atoms with Crippen LogP contribution in [0.5, 0.6) is 0 Å². The van der Waals surface area contributed by atoms with Gasteiger partial charge in [0.25, 0.3) is 0 Å². The number of aromatic nitrogens is 2. The van der Waals surface area contributed by atoms with E-state index in [1.54, 1.807) is 4.57 Å². The third-order valence-electron chi connectivity index (χ3n) is 2.25. The molecule has 90 valence electrons. The molecule has 0 saturated heterocycles. The molecule has 0 aliphatic rings. The highest BCUT2D eigenvalue weighted by atomic mass is 16.6. The Bertz CT molecular complexity index is 337. The fourth-order valence-corrected chi connectivity index (χ4v) is 1.49. The molecule has 0 radical (unpaired) electrons. The Hall–Kier alpha value is -1.43. The summed E-state index contributed by atoms with van der Waals surface area (Å²) in [7, 11) is 0. The van der Waals surface area contributed by atoms with Gasteiger partial charge in [-0.15, -0.1) is 0 Å². The molecule has 1 atom stereocenters. The van der Waals surface area contributed by atoms with Crippen molar-refractivity contribution in [2.45, 2.75) is 26.8 Å². The van der Waals surface area contributed by atoms with Crippen LogP contribution in [0.3, 0.4) is 0 Å². The predicted molar refractivity (Wildman–Crippen MR) is 61.2 cm³/mol. The summed E-state index contributed by atoms with van der Waals surface area (Å²) in [5.41, 5.74) is 0. The zero-order chi connectivity index (χ0) is 12.0. The Balaban J connectivity index is 2.37. The highest BCUT2D eigenvalue weighted by molar-refractivity contribution is 5.12. The smallest absolute Gasteiger partial charge is 0.358 e. The molecule has 1 heterocycles. The maximum Gasteiger partial charge on any atom is 0.381 e. The molecule has 1 unspecified atom stereocenters. The lowest BCUT2D eigenvalue weighted by Crippen LogP contribution is -2.24. The van der Waals surface area contributed by atoms with Crippen LogP contribution in [-0.4, -0.2) is 27.6 Å². The lowest BCUT2D eigenvalue weighted by Gasteiger charge is -2.11. The molecule has 0 spiro atoms. The van der Waals surface area contributed by atoms with Gasteiger partial charge in [-0.05, 0) is 35.3 Å². The van der Waals surface area contributed by atoms with E-state index < -0.39 is 4.92 Å². The van der Waals surface area contributed by atoms with Crippen LogP contribution in [0.4, 0.5) is 5.82 Å². The van der Waals surface area contributed by atoms with Gasteiger partial charge in [0.2, 0.25) is 6.33 Å². The molecule has 1 rings (SSSR count). The van der Waals surface area contributed by atoms with Crippen LogP contribution in [0, 0.1) is 16.0 Å². The molecule has 0 fully saturated rings. The van der Waals surface area contributed by atoms with Crippen molar-refractivity contribution in [2.75, 3.05) is 13.1 Å². The van der Waals surface area contributed by atoms with Crippen molar-refractivity contribution in [2.24, 2.45) is 5.92 Å². The zero-order valence-electron chi connectivity index (χ0n) is 9.72. The van der Waals surface area contributed by atoms with E-state index in [1.165, 1.54) is 12.5 Å². The zero-order valence-corrected chi connectivity index (χ0v) is 9.72. The lowest BCUT2D eigenvalue weighted by molar-refractivity contribution is -0.389. The normalized spacial score (nSPS) is 12.6. The number of nitrogens with one attached hydrogen (secondary N) is 1. The molecule has 1 aromatic rings. The van der Waals surface area contributed by atoms with Crippen molar-refractivity contribution in [1.29, 1.82) is 0 Å². The van der Waals surface area contributed by atoms with Crippen molar-refractivity contribution in [3.63, 3.8) is 0 Å². The fraction of sp³-hybridized carbons (Fsp3) is 0.700. The van der Waals surface area contributed by atoms with Crippen molar-refractivity contribution in [3.8, 4) is 0 Å².